The van der Waals surface area contributed by atoms with Gasteiger partial charge in [-0.05, 0) is 25.0 Å². The first-order valence-electron chi connectivity index (χ1n) is 5.18. The Balaban J connectivity index is 0.00000225. The number of halogens is 1. The van der Waals surface area contributed by atoms with Crippen molar-refractivity contribution in [3.8, 4) is 0 Å². The molecule has 3 N–H and O–H groups in total. The van der Waals surface area contributed by atoms with Gasteiger partial charge in [0.1, 0.15) is 0 Å². The second-order valence-electron chi connectivity index (χ2n) is 3.40. The second-order valence-corrected chi connectivity index (χ2v) is 3.40. The zero-order chi connectivity index (χ0) is 11.1. The zero-order valence-corrected chi connectivity index (χ0v) is 12.1. The number of nitrogens with one attached hydrogen (secondary N) is 1. The SMILES string of the molecule is CCCNC(N)=NCc1ncccc1C.I. The summed E-state index contributed by atoms with van der Waals surface area (Å²) in [5.74, 6) is 0.488. The smallest absolute Gasteiger partial charge is 0.188 e. The number of nitrogens with two attached hydrogens (primary N) is 1. The molecule has 0 aliphatic heterocycles. The van der Waals surface area contributed by atoms with Crippen LogP contribution >= 0.6 is 24.0 Å². The lowest BCUT2D eigenvalue weighted by atomic mass is 10.2. The molecule has 0 bridgehead atoms. The first kappa shape index (κ1) is 15.2. The van der Waals surface area contributed by atoms with Crippen molar-refractivity contribution in [3.05, 3.63) is 29.6 Å². The molecule has 0 aliphatic carbocycles. The largest absolute Gasteiger partial charge is 0.370 e. The van der Waals surface area contributed by atoms with Gasteiger partial charge in [0.25, 0.3) is 0 Å². The fourth-order valence-electron chi connectivity index (χ4n) is 1.15. The third-order valence-electron chi connectivity index (χ3n) is 2.07. The predicted molar refractivity (Wildman–Crippen MR) is 78.0 cm³/mol. The average molecular weight is 334 g/mol. The van der Waals surface area contributed by atoms with E-state index in [0.29, 0.717) is 12.5 Å². The molecule has 1 rings (SSSR count). The number of hydrogen-bond donors (Lipinski definition) is 2. The van der Waals surface area contributed by atoms with Gasteiger partial charge in [-0.25, -0.2) is 4.99 Å². The monoisotopic (exact) mass is 334 g/mol. The zero-order valence-electron chi connectivity index (χ0n) is 9.73. The first-order valence-corrected chi connectivity index (χ1v) is 5.18. The highest BCUT2D eigenvalue weighted by atomic mass is 127. The third kappa shape index (κ3) is 5.29. The van der Waals surface area contributed by atoms with Crippen LogP contribution in [0.3, 0.4) is 0 Å². The average Bonchev–Trinajstić information content (AvgIpc) is 2.25. The van der Waals surface area contributed by atoms with Crippen LogP contribution < -0.4 is 11.1 Å². The summed E-state index contributed by atoms with van der Waals surface area (Å²) in [4.78, 5) is 8.45. The Morgan fingerprint density at radius 3 is 2.94 bits per heavy atom. The summed E-state index contributed by atoms with van der Waals surface area (Å²) in [7, 11) is 0. The van der Waals surface area contributed by atoms with Crippen LogP contribution in [0.2, 0.25) is 0 Å². The van der Waals surface area contributed by atoms with Gasteiger partial charge < -0.3 is 11.1 Å². The summed E-state index contributed by atoms with van der Waals surface area (Å²) in [6.45, 7) is 5.50. The van der Waals surface area contributed by atoms with Crippen molar-refractivity contribution in [2.45, 2.75) is 26.8 Å². The van der Waals surface area contributed by atoms with Crippen LogP contribution in [0.4, 0.5) is 0 Å². The Hall–Kier alpha value is -0.850. The minimum atomic E-state index is 0. The van der Waals surface area contributed by atoms with Gasteiger partial charge >= 0.3 is 0 Å². The summed E-state index contributed by atoms with van der Waals surface area (Å²) in [6, 6.07) is 3.94. The molecule has 1 heterocycles. The van der Waals surface area contributed by atoms with Crippen molar-refractivity contribution in [2.24, 2.45) is 10.7 Å². The predicted octanol–water partition coefficient (Wildman–Crippen LogP) is 1.82. The summed E-state index contributed by atoms with van der Waals surface area (Å²) in [5, 5.41) is 3.02. The number of aromatic nitrogens is 1. The highest BCUT2D eigenvalue weighted by Gasteiger charge is 1.97. The van der Waals surface area contributed by atoms with Crippen LogP contribution in [-0.4, -0.2) is 17.5 Å². The molecule has 16 heavy (non-hydrogen) atoms. The molecule has 0 radical (unpaired) electrons. The van der Waals surface area contributed by atoms with Crippen LogP contribution in [0, 0.1) is 6.92 Å². The number of hydrogen-bond acceptors (Lipinski definition) is 2. The lowest BCUT2D eigenvalue weighted by Crippen LogP contribution is -2.32. The molecule has 0 fully saturated rings. The van der Waals surface area contributed by atoms with Crippen LogP contribution in [-0.2, 0) is 6.54 Å². The molecule has 0 saturated carbocycles. The van der Waals surface area contributed by atoms with E-state index < -0.39 is 0 Å². The van der Waals surface area contributed by atoms with Crippen molar-refractivity contribution in [1.29, 1.82) is 0 Å². The van der Waals surface area contributed by atoms with Gasteiger partial charge in [-0.3, -0.25) is 4.98 Å². The Morgan fingerprint density at radius 2 is 2.31 bits per heavy atom. The van der Waals surface area contributed by atoms with Gasteiger partial charge in [-0.2, -0.15) is 0 Å². The van der Waals surface area contributed by atoms with Crippen LogP contribution in [0.1, 0.15) is 24.6 Å². The normalized spacial score (nSPS) is 10.8. The van der Waals surface area contributed by atoms with Crippen molar-refractivity contribution < 1.29 is 0 Å². The molecule has 0 unspecified atom stereocenters. The maximum Gasteiger partial charge on any atom is 0.188 e. The number of aliphatic imine (C=N–C) groups is 1. The lowest BCUT2D eigenvalue weighted by Gasteiger charge is -2.04. The van der Waals surface area contributed by atoms with E-state index >= 15 is 0 Å². The van der Waals surface area contributed by atoms with Crippen LogP contribution in [0.15, 0.2) is 23.3 Å². The van der Waals surface area contributed by atoms with Gasteiger partial charge in [0.15, 0.2) is 5.96 Å². The fraction of sp³-hybridized carbons (Fsp3) is 0.455. The summed E-state index contributed by atoms with van der Waals surface area (Å²) in [5.41, 5.74) is 7.78. The lowest BCUT2D eigenvalue weighted by molar-refractivity contribution is 0.822. The molecule has 1 aromatic rings. The second kappa shape index (κ2) is 8.32. The Kier molecular flexibility index (Phi) is 7.88. The third-order valence-corrected chi connectivity index (χ3v) is 2.07. The molecular weight excluding hydrogens is 315 g/mol. The van der Waals surface area contributed by atoms with E-state index in [1.54, 1.807) is 6.20 Å². The first-order chi connectivity index (χ1) is 7.24. The van der Waals surface area contributed by atoms with E-state index in [2.05, 4.69) is 22.2 Å². The van der Waals surface area contributed by atoms with E-state index in [0.717, 1.165) is 24.2 Å². The molecular formula is C11H19IN4. The van der Waals surface area contributed by atoms with Crippen molar-refractivity contribution in [3.63, 3.8) is 0 Å². The summed E-state index contributed by atoms with van der Waals surface area (Å²) < 4.78 is 0. The minimum Gasteiger partial charge on any atom is -0.370 e. The Morgan fingerprint density at radius 1 is 1.56 bits per heavy atom. The van der Waals surface area contributed by atoms with E-state index in [1.807, 2.05) is 19.1 Å². The van der Waals surface area contributed by atoms with E-state index in [1.165, 1.54) is 0 Å². The molecule has 0 saturated heterocycles. The van der Waals surface area contributed by atoms with Gasteiger partial charge in [-0.1, -0.05) is 13.0 Å². The standard InChI is InChI=1S/C11H18N4.HI/c1-3-6-14-11(12)15-8-10-9(2)5-4-7-13-10;/h4-5,7H,3,6,8H2,1-2H3,(H3,12,14,15);1H. The molecule has 5 heteroatoms. The molecule has 0 aromatic carbocycles. The molecule has 0 atom stereocenters. The molecule has 90 valence electrons. The van der Waals surface area contributed by atoms with Crippen molar-refractivity contribution >= 4 is 29.9 Å². The molecule has 0 aliphatic rings. The molecule has 4 nitrogen and oxygen atoms in total. The highest BCUT2D eigenvalue weighted by Crippen LogP contribution is 2.03. The van der Waals surface area contributed by atoms with Crippen LogP contribution in [0.5, 0.6) is 0 Å². The van der Waals surface area contributed by atoms with Crippen molar-refractivity contribution in [1.82, 2.24) is 10.3 Å². The summed E-state index contributed by atoms with van der Waals surface area (Å²) in [6.07, 6.45) is 2.81. The highest BCUT2D eigenvalue weighted by molar-refractivity contribution is 14.0. The van der Waals surface area contributed by atoms with Crippen molar-refractivity contribution in [2.75, 3.05) is 6.54 Å². The number of guanidine groups is 1. The van der Waals surface area contributed by atoms with Crippen LogP contribution in [0.25, 0.3) is 0 Å². The number of nitrogens with zero attached hydrogens (tertiary/aromatic N) is 2. The van der Waals surface area contributed by atoms with Gasteiger partial charge in [-0.15, -0.1) is 24.0 Å². The maximum atomic E-state index is 5.67. The summed E-state index contributed by atoms with van der Waals surface area (Å²) >= 11 is 0. The number of aryl methyl sites for hydroxylation is 1. The van der Waals surface area contributed by atoms with Gasteiger partial charge in [0.05, 0.1) is 12.2 Å². The van der Waals surface area contributed by atoms with Gasteiger partial charge in [0, 0.05) is 12.7 Å². The number of pyridine rings is 1. The maximum absolute atomic E-state index is 5.67. The topological polar surface area (TPSA) is 63.3 Å². The number of rotatable bonds is 4. The molecule has 0 amide bonds. The van der Waals surface area contributed by atoms with E-state index in [-0.39, 0.29) is 24.0 Å². The Labute approximate surface area is 114 Å². The fourth-order valence-corrected chi connectivity index (χ4v) is 1.15. The van der Waals surface area contributed by atoms with Gasteiger partial charge in [0.2, 0.25) is 0 Å². The minimum absolute atomic E-state index is 0. The molecule has 1 aromatic heterocycles. The van der Waals surface area contributed by atoms with E-state index in [4.69, 9.17) is 5.73 Å². The quantitative estimate of drug-likeness (QED) is 0.502. The Bertz CT molecular complexity index is 339. The van der Waals surface area contributed by atoms with E-state index in [9.17, 15) is 0 Å². The molecule has 0 spiro atoms.